The number of ether oxygens (including phenoxy) is 3. The zero-order chi connectivity index (χ0) is 28.4. The van der Waals surface area contributed by atoms with Crippen LogP contribution >= 0.6 is 0 Å². The van der Waals surface area contributed by atoms with Gasteiger partial charge in [0.15, 0.2) is 29.8 Å². The average molecular weight is 553 g/mol. The summed E-state index contributed by atoms with van der Waals surface area (Å²) in [6.45, 7) is 0. The van der Waals surface area contributed by atoms with Crippen LogP contribution in [0.2, 0.25) is 0 Å². The molecule has 1 fully saturated rings. The van der Waals surface area contributed by atoms with Gasteiger partial charge in [0.25, 0.3) is 0 Å². The lowest BCUT2D eigenvalue weighted by atomic mass is 9.47. The summed E-state index contributed by atoms with van der Waals surface area (Å²) in [6.07, 6.45) is -3.01. The van der Waals surface area contributed by atoms with Crippen molar-refractivity contribution in [1.82, 2.24) is 0 Å². The largest absolute Gasteiger partial charge is 0.504 e. The molecule has 4 aliphatic rings. The van der Waals surface area contributed by atoms with Crippen molar-refractivity contribution in [3.63, 3.8) is 0 Å². The highest BCUT2D eigenvalue weighted by molar-refractivity contribution is 5.87. The third kappa shape index (κ3) is 3.65. The van der Waals surface area contributed by atoms with E-state index in [4.69, 9.17) is 19.3 Å². The van der Waals surface area contributed by atoms with Gasteiger partial charge in [-0.15, -0.1) is 0 Å². The standard InChI is InChI=1S/C29H28O11/c30-17-9-8-15-13-16-7-4-11-28-19(15)23(17)39-24(28)18(10-12-29(16,28)37)38-27(36)22(14-5-2-1-3-6-14)40-26(35)21(32)20(31)25(33)34/h1-3,5-6,8-10,16,20-22,24,30-32,37H,4,7,11-13H2,(H,33,34)/t16-,20-,21-,22+,24+,28+,29-/m1/s1. The van der Waals surface area contributed by atoms with E-state index in [-0.39, 0.29) is 35.2 Å². The molecule has 0 unspecified atom stereocenters. The monoisotopic (exact) mass is 552 g/mol. The van der Waals surface area contributed by atoms with Gasteiger partial charge in [0.2, 0.25) is 6.10 Å². The van der Waals surface area contributed by atoms with Crippen molar-refractivity contribution in [3.05, 3.63) is 71.0 Å². The van der Waals surface area contributed by atoms with Crippen LogP contribution in [-0.4, -0.2) is 67.4 Å². The second-order valence-electron chi connectivity index (χ2n) is 10.8. The molecule has 210 valence electrons. The van der Waals surface area contributed by atoms with Gasteiger partial charge in [0.05, 0.1) is 11.0 Å². The maximum absolute atomic E-state index is 13.5. The molecule has 3 aliphatic carbocycles. The molecule has 2 aromatic carbocycles. The lowest BCUT2D eigenvalue weighted by Crippen LogP contribution is -2.67. The normalized spacial score (nSPS) is 29.6. The number of hydrogen-bond donors (Lipinski definition) is 5. The zero-order valence-corrected chi connectivity index (χ0v) is 21.2. The van der Waals surface area contributed by atoms with E-state index in [0.29, 0.717) is 12.8 Å². The van der Waals surface area contributed by atoms with Crippen molar-refractivity contribution in [2.24, 2.45) is 5.92 Å². The first-order valence-corrected chi connectivity index (χ1v) is 13.1. The van der Waals surface area contributed by atoms with Crippen molar-refractivity contribution in [3.8, 4) is 11.5 Å². The number of rotatable bonds is 7. The SMILES string of the molecule is O=C(OC1=CC[C@@]2(O)[C@@H]3CCC[C@@]24c2c(ccc(O)c2O[C@@H]14)C3)[C@@H](OC(=O)[C@H](O)[C@@H](O)C(=O)O)c1ccccc1. The molecule has 1 saturated carbocycles. The van der Waals surface area contributed by atoms with Gasteiger partial charge in [-0.3, -0.25) is 0 Å². The van der Waals surface area contributed by atoms with E-state index < -0.39 is 53.3 Å². The molecule has 2 bridgehead atoms. The number of carbonyl (C=O) groups excluding carboxylic acids is 2. The summed E-state index contributed by atoms with van der Waals surface area (Å²) >= 11 is 0. The Morgan fingerprint density at radius 2 is 1.77 bits per heavy atom. The first-order valence-electron chi connectivity index (χ1n) is 13.1. The number of aromatic hydroxyl groups is 1. The fraction of sp³-hybridized carbons (Fsp3) is 0.414. The number of phenolic OH excluding ortho intramolecular Hbond substituents is 1. The van der Waals surface area contributed by atoms with Gasteiger partial charge in [-0.25, -0.2) is 14.4 Å². The highest BCUT2D eigenvalue weighted by Crippen LogP contribution is 2.67. The quantitative estimate of drug-likeness (QED) is 0.313. The first kappa shape index (κ1) is 26.3. The van der Waals surface area contributed by atoms with Crippen LogP contribution in [0.3, 0.4) is 0 Å². The second-order valence-corrected chi connectivity index (χ2v) is 10.8. The predicted molar refractivity (Wildman–Crippen MR) is 134 cm³/mol. The van der Waals surface area contributed by atoms with Crippen molar-refractivity contribution in [2.75, 3.05) is 0 Å². The number of carboxylic acid groups (broad SMARTS) is 1. The number of aliphatic carboxylic acids is 1. The van der Waals surface area contributed by atoms with E-state index >= 15 is 0 Å². The molecule has 7 atom stereocenters. The third-order valence-electron chi connectivity index (χ3n) is 8.83. The molecule has 2 aromatic rings. The fourth-order valence-electron chi connectivity index (χ4n) is 7.03. The Balaban J connectivity index is 1.34. The summed E-state index contributed by atoms with van der Waals surface area (Å²) in [5.74, 6) is -4.24. The van der Waals surface area contributed by atoms with Crippen molar-refractivity contribution in [2.45, 2.75) is 67.5 Å². The molecule has 0 radical (unpaired) electrons. The molecule has 40 heavy (non-hydrogen) atoms. The van der Waals surface area contributed by atoms with Crippen LogP contribution in [-0.2, 0) is 35.7 Å². The van der Waals surface area contributed by atoms with Gasteiger partial charge in [-0.2, -0.15) is 0 Å². The molecule has 5 N–H and O–H groups in total. The topological polar surface area (TPSA) is 180 Å². The summed E-state index contributed by atoms with van der Waals surface area (Å²) in [6, 6.07) is 11.2. The van der Waals surface area contributed by atoms with E-state index in [1.54, 1.807) is 30.3 Å². The van der Waals surface area contributed by atoms with Crippen LogP contribution in [0.5, 0.6) is 11.5 Å². The van der Waals surface area contributed by atoms with Crippen LogP contribution < -0.4 is 4.74 Å². The molecular weight excluding hydrogens is 524 g/mol. The number of phenols is 1. The number of aliphatic hydroxyl groups is 3. The third-order valence-corrected chi connectivity index (χ3v) is 8.83. The highest BCUT2D eigenvalue weighted by atomic mass is 16.6. The molecule has 11 nitrogen and oxygen atoms in total. The summed E-state index contributed by atoms with van der Waals surface area (Å²) < 4.78 is 17.2. The van der Waals surface area contributed by atoms with Gasteiger partial charge in [0, 0.05) is 11.1 Å². The number of carboxylic acids is 1. The summed E-state index contributed by atoms with van der Waals surface area (Å²) in [4.78, 5) is 37.1. The Morgan fingerprint density at radius 3 is 2.50 bits per heavy atom. The van der Waals surface area contributed by atoms with Gasteiger partial charge in [-0.1, -0.05) is 42.8 Å². The minimum absolute atomic E-state index is 0.0518. The van der Waals surface area contributed by atoms with E-state index in [1.165, 1.54) is 12.1 Å². The lowest BCUT2D eigenvalue weighted by molar-refractivity contribution is -0.182. The van der Waals surface area contributed by atoms with Crippen molar-refractivity contribution < 1.29 is 54.1 Å². The van der Waals surface area contributed by atoms with Gasteiger partial charge >= 0.3 is 17.9 Å². The van der Waals surface area contributed by atoms with Crippen LogP contribution in [0.4, 0.5) is 0 Å². The van der Waals surface area contributed by atoms with Gasteiger partial charge < -0.3 is 39.7 Å². The van der Waals surface area contributed by atoms with Crippen LogP contribution in [0.25, 0.3) is 0 Å². The maximum atomic E-state index is 13.5. The molecular formula is C29H28O11. The molecule has 11 heteroatoms. The molecule has 1 heterocycles. The van der Waals surface area contributed by atoms with E-state index in [1.807, 2.05) is 6.07 Å². The van der Waals surface area contributed by atoms with Crippen molar-refractivity contribution >= 4 is 17.9 Å². The van der Waals surface area contributed by atoms with Crippen molar-refractivity contribution in [1.29, 1.82) is 0 Å². The Morgan fingerprint density at radius 1 is 1.02 bits per heavy atom. The van der Waals surface area contributed by atoms with E-state index in [2.05, 4.69) is 0 Å². The number of aliphatic hydroxyl groups excluding tert-OH is 2. The molecule has 0 aromatic heterocycles. The molecule has 1 aliphatic heterocycles. The Hall–Kier alpha value is -3.93. The molecule has 1 spiro atoms. The Labute approximate surface area is 228 Å². The fourth-order valence-corrected chi connectivity index (χ4v) is 7.03. The number of carbonyl (C=O) groups is 3. The average Bonchev–Trinajstić information content (AvgIpc) is 3.29. The lowest BCUT2D eigenvalue weighted by Gasteiger charge is -2.59. The smallest absolute Gasteiger partial charge is 0.357 e. The molecule has 0 saturated heterocycles. The summed E-state index contributed by atoms with van der Waals surface area (Å²) in [5, 5.41) is 51.2. The number of hydrogen-bond acceptors (Lipinski definition) is 10. The first-order chi connectivity index (χ1) is 19.1. The van der Waals surface area contributed by atoms with Crippen LogP contribution in [0, 0.1) is 5.92 Å². The van der Waals surface area contributed by atoms with E-state index in [0.717, 1.165) is 24.0 Å². The summed E-state index contributed by atoms with van der Waals surface area (Å²) in [5.41, 5.74) is -0.258. The minimum atomic E-state index is -2.46. The number of benzene rings is 2. The van der Waals surface area contributed by atoms with E-state index in [9.17, 15) is 34.8 Å². The molecule has 0 amide bonds. The zero-order valence-electron chi connectivity index (χ0n) is 21.2. The van der Waals surface area contributed by atoms with Crippen LogP contribution in [0.15, 0.2) is 54.3 Å². The van der Waals surface area contributed by atoms with Gasteiger partial charge in [0.1, 0.15) is 5.76 Å². The Bertz CT molecular complexity index is 1420. The van der Waals surface area contributed by atoms with Gasteiger partial charge in [-0.05, 0) is 49.3 Å². The Kier molecular flexibility index (Phi) is 6.13. The minimum Gasteiger partial charge on any atom is -0.504 e. The van der Waals surface area contributed by atoms with Crippen LogP contribution in [0.1, 0.15) is 48.5 Å². The number of esters is 2. The summed E-state index contributed by atoms with van der Waals surface area (Å²) in [7, 11) is 0. The maximum Gasteiger partial charge on any atom is 0.357 e. The predicted octanol–water partition coefficient (Wildman–Crippen LogP) is 1.40. The highest BCUT2D eigenvalue weighted by Gasteiger charge is 2.71. The second kappa shape index (κ2) is 9.33. The molecule has 6 rings (SSSR count).